The fraction of sp³-hybridized carbons (Fsp3) is 0.889. The average Bonchev–Trinajstić information content (AvgIpc) is 2.64. The first-order chi connectivity index (χ1) is 5.79. The quantitative estimate of drug-likeness (QED) is 0.653. The van der Waals surface area contributed by atoms with Crippen molar-refractivity contribution in [2.24, 2.45) is 11.8 Å². The first-order valence-corrected chi connectivity index (χ1v) is 5.18. The SMILES string of the molecule is O=C(CCl)NC1C[C@@H]2CC[C@H]1C2. The van der Waals surface area contributed by atoms with Crippen LogP contribution in [0.2, 0.25) is 0 Å². The Hall–Kier alpha value is -0.240. The molecule has 0 aromatic rings. The van der Waals surface area contributed by atoms with E-state index in [0.717, 1.165) is 11.8 Å². The van der Waals surface area contributed by atoms with E-state index >= 15 is 0 Å². The van der Waals surface area contributed by atoms with Crippen LogP contribution in [0.5, 0.6) is 0 Å². The minimum absolute atomic E-state index is 0.00535. The Bertz CT molecular complexity index is 195. The monoisotopic (exact) mass is 187 g/mol. The summed E-state index contributed by atoms with van der Waals surface area (Å²) in [5.41, 5.74) is 0. The van der Waals surface area contributed by atoms with Crippen LogP contribution in [-0.2, 0) is 4.79 Å². The third kappa shape index (κ3) is 1.45. The van der Waals surface area contributed by atoms with Gasteiger partial charge < -0.3 is 5.32 Å². The molecule has 2 saturated carbocycles. The van der Waals surface area contributed by atoms with Gasteiger partial charge in [0.1, 0.15) is 5.88 Å². The molecule has 0 radical (unpaired) electrons. The average molecular weight is 188 g/mol. The molecule has 68 valence electrons. The Morgan fingerprint density at radius 2 is 2.25 bits per heavy atom. The van der Waals surface area contributed by atoms with Gasteiger partial charge in [-0.25, -0.2) is 0 Å². The van der Waals surface area contributed by atoms with E-state index in [4.69, 9.17) is 11.6 Å². The highest BCUT2D eigenvalue weighted by Crippen LogP contribution is 2.44. The summed E-state index contributed by atoms with van der Waals surface area (Å²) in [6.45, 7) is 0. The van der Waals surface area contributed by atoms with Gasteiger partial charge in [0.15, 0.2) is 0 Å². The minimum atomic E-state index is -0.00535. The van der Waals surface area contributed by atoms with Crippen molar-refractivity contribution in [3.05, 3.63) is 0 Å². The molecular weight excluding hydrogens is 174 g/mol. The first-order valence-electron chi connectivity index (χ1n) is 4.65. The van der Waals surface area contributed by atoms with Crippen LogP contribution in [-0.4, -0.2) is 17.8 Å². The fourth-order valence-corrected chi connectivity index (χ4v) is 2.74. The van der Waals surface area contributed by atoms with E-state index in [-0.39, 0.29) is 11.8 Å². The molecule has 0 aliphatic heterocycles. The van der Waals surface area contributed by atoms with E-state index in [2.05, 4.69) is 5.32 Å². The second-order valence-electron chi connectivity index (χ2n) is 3.98. The number of carbonyl (C=O) groups is 1. The molecule has 3 heteroatoms. The summed E-state index contributed by atoms with van der Waals surface area (Å²) < 4.78 is 0. The van der Waals surface area contributed by atoms with Crippen LogP contribution in [0.25, 0.3) is 0 Å². The van der Waals surface area contributed by atoms with Crippen LogP contribution in [0, 0.1) is 11.8 Å². The Balaban J connectivity index is 1.86. The van der Waals surface area contributed by atoms with Gasteiger partial charge >= 0.3 is 0 Å². The fourth-order valence-electron chi connectivity index (χ4n) is 2.67. The lowest BCUT2D eigenvalue weighted by atomic mass is 9.95. The largest absolute Gasteiger partial charge is 0.352 e. The summed E-state index contributed by atoms with van der Waals surface area (Å²) >= 11 is 5.42. The number of carbonyl (C=O) groups excluding carboxylic acids is 1. The lowest BCUT2D eigenvalue weighted by Gasteiger charge is -2.22. The Labute approximate surface area is 77.7 Å². The van der Waals surface area contributed by atoms with Gasteiger partial charge in [0.05, 0.1) is 0 Å². The highest BCUT2D eigenvalue weighted by Gasteiger charge is 2.39. The van der Waals surface area contributed by atoms with Crippen molar-refractivity contribution in [2.45, 2.75) is 31.7 Å². The maximum absolute atomic E-state index is 11.0. The number of rotatable bonds is 2. The summed E-state index contributed by atoms with van der Waals surface area (Å²) in [7, 11) is 0. The van der Waals surface area contributed by atoms with Crippen molar-refractivity contribution in [2.75, 3.05) is 5.88 Å². The zero-order chi connectivity index (χ0) is 8.55. The first kappa shape index (κ1) is 8.36. The number of hydrogen-bond acceptors (Lipinski definition) is 1. The van der Waals surface area contributed by atoms with Crippen molar-refractivity contribution < 1.29 is 4.79 Å². The molecule has 2 nitrogen and oxygen atoms in total. The molecule has 0 aromatic heterocycles. The summed E-state index contributed by atoms with van der Waals surface area (Å²) in [5.74, 6) is 1.74. The zero-order valence-electron chi connectivity index (χ0n) is 7.05. The Morgan fingerprint density at radius 3 is 2.75 bits per heavy atom. The highest BCUT2D eigenvalue weighted by molar-refractivity contribution is 6.27. The second-order valence-corrected chi connectivity index (χ2v) is 4.25. The number of halogens is 1. The van der Waals surface area contributed by atoms with Gasteiger partial charge in [0.2, 0.25) is 5.91 Å². The third-order valence-electron chi connectivity index (χ3n) is 3.21. The molecule has 1 unspecified atom stereocenters. The maximum Gasteiger partial charge on any atom is 0.235 e. The normalized spacial score (nSPS) is 38.6. The smallest absolute Gasteiger partial charge is 0.235 e. The third-order valence-corrected chi connectivity index (χ3v) is 3.45. The van der Waals surface area contributed by atoms with Gasteiger partial charge in [0.25, 0.3) is 0 Å². The van der Waals surface area contributed by atoms with Crippen molar-refractivity contribution in [1.29, 1.82) is 0 Å². The predicted octanol–water partition coefficient (Wildman–Crippen LogP) is 1.53. The summed E-state index contributed by atoms with van der Waals surface area (Å²) in [6.07, 6.45) is 5.19. The molecule has 1 amide bonds. The van der Waals surface area contributed by atoms with E-state index in [1.807, 2.05) is 0 Å². The number of alkyl halides is 1. The standard InChI is InChI=1S/C9H14ClNO/c10-5-9(12)11-8-4-6-1-2-7(8)3-6/h6-8H,1-5H2,(H,11,12)/t6-,7+,8?/m1/s1. The molecule has 0 aromatic carbocycles. The van der Waals surface area contributed by atoms with Gasteiger partial charge in [0, 0.05) is 6.04 Å². The molecule has 2 bridgehead atoms. The highest BCUT2D eigenvalue weighted by atomic mass is 35.5. The molecule has 0 spiro atoms. The number of amides is 1. The van der Waals surface area contributed by atoms with Crippen LogP contribution in [0.15, 0.2) is 0 Å². The molecule has 2 fully saturated rings. The molecule has 1 N–H and O–H groups in total. The molecular formula is C9H14ClNO. The van der Waals surface area contributed by atoms with Crippen LogP contribution >= 0.6 is 11.6 Å². The second kappa shape index (κ2) is 3.25. The number of nitrogens with one attached hydrogen (secondary N) is 1. The van der Waals surface area contributed by atoms with E-state index in [0.29, 0.717) is 6.04 Å². The van der Waals surface area contributed by atoms with E-state index in [1.54, 1.807) is 0 Å². The Morgan fingerprint density at radius 1 is 1.42 bits per heavy atom. The van der Waals surface area contributed by atoms with E-state index in [9.17, 15) is 4.79 Å². The summed E-state index contributed by atoms with van der Waals surface area (Å²) in [4.78, 5) is 11.0. The van der Waals surface area contributed by atoms with E-state index < -0.39 is 0 Å². The van der Waals surface area contributed by atoms with Gasteiger partial charge in [-0.05, 0) is 31.1 Å². The van der Waals surface area contributed by atoms with Crippen molar-refractivity contribution in [3.8, 4) is 0 Å². The van der Waals surface area contributed by atoms with Gasteiger partial charge in [-0.2, -0.15) is 0 Å². The zero-order valence-corrected chi connectivity index (χ0v) is 7.81. The molecule has 0 saturated heterocycles. The van der Waals surface area contributed by atoms with Gasteiger partial charge in [-0.3, -0.25) is 4.79 Å². The number of fused-ring (bicyclic) bond motifs is 2. The molecule has 2 aliphatic rings. The predicted molar refractivity (Wildman–Crippen MR) is 48.1 cm³/mol. The van der Waals surface area contributed by atoms with E-state index in [1.165, 1.54) is 25.7 Å². The van der Waals surface area contributed by atoms with Crippen LogP contribution in [0.1, 0.15) is 25.7 Å². The topological polar surface area (TPSA) is 29.1 Å². The van der Waals surface area contributed by atoms with Crippen molar-refractivity contribution in [3.63, 3.8) is 0 Å². The summed E-state index contributed by atoms with van der Waals surface area (Å²) in [5, 5.41) is 2.99. The summed E-state index contributed by atoms with van der Waals surface area (Å²) in [6, 6.07) is 0.440. The van der Waals surface area contributed by atoms with Gasteiger partial charge in [-0.15, -0.1) is 11.6 Å². The van der Waals surface area contributed by atoms with Crippen LogP contribution < -0.4 is 5.32 Å². The van der Waals surface area contributed by atoms with Crippen molar-refractivity contribution >= 4 is 17.5 Å². The van der Waals surface area contributed by atoms with Crippen LogP contribution in [0.3, 0.4) is 0 Å². The van der Waals surface area contributed by atoms with Gasteiger partial charge in [-0.1, -0.05) is 6.42 Å². The lowest BCUT2D eigenvalue weighted by Crippen LogP contribution is -2.39. The Kier molecular flexibility index (Phi) is 2.26. The molecule has 2 rings (SSSR count). The minimum Gasteiger partial charge on any atom is -0.352 e. The number of hydrogen-bond donors (Lipinski definition) is 1. The molecule has 2 aliphatic carbocycles. The maximum atomic E-state index is 11.0. The molecule has 3 atom stereocenters. The molecule has 0 heterocycles. The van der Waals surface area contributed by atoms with Crippen molar-refractivity contribution in [1.82, 2.24) is 5.32 Å². The molecule has 12 heavy (non-hydrogen) atoms. The lowest BCUT2D eigenvalue weighted by molar-refractivity contribution is -0.119. The van der Waals surface area contributed by atoms with Crippen LogP contribution in [0.4, 0.5) is 0 Å².